The number of anilines is 1. The number of amides is 2. The molecular weight excluding hydrogens is 448 g/mol. The first-order valence-electron chi connectivity index (χ1n) is 10.9. The van der Waals surface area contributed by atoms with E-state index in [9.17, 15) is 18.0 Å². The highest BCUT2D eigenvalue weighted by Gasteiger charge is 2.39. The predicted molar refractivity (Wildman–Crippen MR) is 124 cm³/mol. The molecule has 2 saturated heterocycles. The van der Waals surface area contributed by atoms with Crippen molar-refractivity contribution in [2.24, 2.45) is 0 Å². The summed E-state index contributed by atoms with van der Waals surface area (Å²) in [6.07, 6.45) is 1.35. The van der Waals surface area contributed by atoms with Gasteiger partial charge in [-0.3, -0.25) is 9.59 Å². The van der Waals surface area contributed by atoms with Crippen molar-refractivity contribution in [3.05, 3.63) is 47.8 Å². The molecule has 172 valence electrons. The van der Waals surface area contributed by atoms with E-state index >= 15 is 0 Å². The molecule has 0 saturated carbocycles. The number of rotatable bonds is 7. The molecule has 0 aliphatic carbocycles. The van der Waals surface area contributed by atoms with Crippen LogP contribution in [-0.4, -0.2) is 74.7 Å². The third-order valence-electron chi connectivity index (χ3n) is 5.96. The third-order valence-corrected chi connectivity index (χ3v) is 9.24. The zero-order valence-electron chi connectivity index (χ0n) is 17.9. The predicted octanol–water partition coefficient (Wildman–Crippen LogP) is 1.76. The minimum atomic E-state index is -3.67. The van der Waals surface area contributed by atoms with Crippen LogP contribution in [0.5, 0.6) is 0 Å². The Morgan fingerprint density at radius 3 is 2.44 bits per heavy atom. The summed E-state index contributed by atoms with van der Waals surface area (Å²) >= 11 is 1.15. The average Bonchev–Trinajstić information content (AvgIpc) is 3.53. The number of nitrogens with one attached hydrogen (secondary N) is 1. The van der Waals surface area contributed by atoms with Gasteiger partial charge in [0.25, 0.3) is 10.0 Å². The molecule has 8 nitrogen and oxygen atoms in total. The van der Waals surface area contributed by atoms with Crippen LogP contribution in [0, 0.1) is 0 Å². The van der Waals surface area contributed by atoms with Crippen LogP contribution >= 0.6 is 11.3 Å². The van der Waals surface area contributed by atoms with Crippen LogP contribution in [0.25, 0.3) is 0 Å². The van der Waals surface area contributed by atoms with Gasteiger partial charge in [-0.1, -0.05) is 24.3 Å². The van der Waals surface area contributed by atoms with Gasteiger partial charge >= 0.3 is 0 Å². The second-order valence-electron chi connectivity index (χ2n) is 7.95. The summed E-state index contributed by atoms with van der Waals surface area (Å²) in [7, 11) is -3.67. The van der Waals surface area contributed by atoms with Crippen molar-refractivity contribution >= 4 is 38.9 Å². The van der Waals surface area contributed by atoms with Gasteiger partial charge in [-0.15, -0.1) is 11.3 Å². The summed E-state index contributed by atoms with van der Waals surface area (Å²) in [5, 5.41) is 4.49. The van der Waals surface area contributed by atoms with Crippen LogP contribution in [0.4, 0.5) is 5.69 Å². The van der Waals surface area contributed by atoms with Crippen molar-refractivity contribution in [3.63, 3.8) is 0 Å². The average molecular weight is 477 g/mol. The summed E-state index contributed by atoms with van der Waals surface area (Å²) in [6, 6.07) is 12.7. The Kier molecular flexibility index (Phi) is 7.12. The lowest BCUT2D eigenvalue weighted by Crippen LogP contribution is -2.50. The first kappa shape index (κ1) is 22.8. The Morgan fingerprint density at radius 1 is 1.00 bits per heavy atom. The molecule has 3 heterocycles. The SMILES string of the molecule is O=C(NCCC(=O)N1CCN(c2ccccc2)CC1)C1CCCN1S(=O)(=O)c1cccs1. The Hall–Kier alpha value is -2.43. The maximum absolute atomic E-state index is 12.8. The monoisotopic (exact) mass is 476 g/mol. The molecule has 0 bridgehead atoms. The maximum Gasteiger partial charge on any atom is 0.253 e. The van der Waals surface area contributed by atoms with Gasteiger partial charge in [0.15, 0.2) is 0 Å². The van der Waals surface area contributed by atoms with E-state index in [4.69, 9.17) is 0 Å². The molecule has 10 heteroatoms. The maximum atomic E-state index is 12.8. The first-order chi connectivity index (χ1) is 15.5. The van der Waals surface area contributed by atoms with Gasteiger partial charge in [0.05, 0.1) is 0 Å². The standard InChI is InChI=1S/C22H28N4O4S2/c27-20(25-15-13-24(14-16-25)18-6-2-1-3-7-18)10-11-23-22(28)19-8-4-12-26(19)32(29,30)21-9-5-17-31-21/h1-3,5-7,9,17,19H,4,8,10-16H2,(H,23,28). The molecule has 2 amide bonds. The molecule has 2 aromatic rings. The molecule has 1 aromatic heterocycles. The number of para-hydroxylation sites is 1. The molecule has 4 rings (SSSR count). The van der Waals surface area contributed by atoms with Crippen molar-refractivity contribution in [1.82, 2.24) is 14.5 Å². The number of hydrogen-bond donors (Lipinski definition) is 1. The fourth-order valence-corrected chi connectivity index (χ4v) is 7.01. The van der Waals surface area contributed by atoms with Gasteiger partial charge in [-0.2, -0.15) is 4.31 Å². The molecule has 0 spiro atoms. The van der Waals surface area contributed by atoms with Crippen LogP contribution < -0.4 is 10.2 Å². The molecule has 1 aromatic carbocycles. The zero-order valence-corrected chi connectivity index (χ0v) is 19.5. The molecule has 2 fully saturated rings. The van der Waals surface area contributed by atoms with Crippen molar-refractivity contribution in [1.29, 1.82) is 0 Å². The molecular formula is C22H28N4O4S2. The highest BCUT2D eigenvalue weighted by atomic mass is 32.2. The first-order valence-corrected chi connectivity index (χ1v) is 13.2. The van der Waals surface area contributed by atoms with Gasteiger partial charge in [-0.25, -0.2) is 8.42 Å². The normalized spacial score (nSPS) is 19.8. The molecule has 32 heavy (non-hydrogen) atoms. The lowest BCUT2D eigenvalue weighted by molar-refractivity contribution is -0.131. The fraction of sp³-hybridized carbons (Fsp3) is 0.455. The minimum absolute atomic E-state index is 0.00694. The van der Waals surface area contributed by atoms with E-state index in [2.05, 4.69) is 22.3 Å². The van der Waals surface area contributed by atoms with Crippen molar-refractivity contribution in [2.75, 3.05) is 44.2 Å². The number of sulfonamides is 1. The molecule has 2 aliphatic rings. The summed E-state index contributed by atoms with van der Waals surface area (Å²) in [5.41, 5.74) is 1.16. The summed E-state index contributed by atoms with van der Waals surface area (Å²) < 4.78 is 27.2. The Balaban J connectivity index is 1.24. The van der Waals surface area contributed by atoms with Crippen molar-refractivity contribution < 1.29 is 18.0 Å². The van der Waals surface area contributed by atoms with Gasteiger partial charge in [0.2, 0.25) is 11.8 Å². The molecule has 2 aliphatic heterocycles. The van der Waals surface area contributed by atoms with Crippen molar-refractivity contribution in [3.8, 4) is 0 Å². The van der Waals surface area contributed by atoms with E-state index in [0.717, 1.165) is 30.1 Å². The zero-order chi connectivity index (χ0) is 22.6. The number of thiophene rings is 1. The fourth-order valence-electron chi connectivity index (χ4n) is 4.24. The lowest BCUT2D eigenvalue weighted by atomic mass is 10.2. The highest BCUT2D eigenvalue weighted by Crippen LogP contribution is 2.28. The summed E-state index contributed by atoms with van der Waals surface area (Å²) in [6.45, 7) is 3.40. The third kappa shape index (κ3) is 4.97. The summed E-state index contributed by atoms with van der Waals surface area (Å²) in [5.74, 6) is -0.322. The number of hydrogen-bond acceptors (Lipinski definition) is 6. The van der Waals surface area contributed by atoms with Crippen LogP contribution in [0.15, 0.2) is 52.1 Å². The molecule has 0 radical (unpaired) electrons. The van der Waals surface area contributed by atoms with Gasteiger partial charge in [0.1, 0.15) is 10.3 Å². The van der Waals surface area contributed by atoms with Gasteiger partial charge < -0.3 is 15.1 Å². The lowest BCUT2D eigenvalue weighted by Gasteiger charge is -2.36. The number of carbonyl (C=O) groups excluding carboxylic acids is 2. The van der Waals surface area contributed by atoms with Crippen LogP contribution in [0.3, 0.4) is 0 Å². The molecule has 1 atom stereocenters. The van der Waals surface area contributed by atoms with Crippen molar-refractivity contribution in [2.45, 2.75) is 29.5 Å². The number of piperazine rings is 1. The number of nitrogens with zero attached hydrogens (tertiary/aromatic N) is 3. The Morgan fingerprint density at radius 2 is 1.75 bits per heavy atom. The van der Waals surface area contributed by atoms with E-state index in [-0.39, 0.29) is 29.0 Å². The minimum Gasteiger partial charge on any atom is -0.368 e. The number of benzene rings is 1. The Bertz CT molecular complexity index is 1020. The molecule has 1 unspecified atom stereocenters. The quantitative estimate of drug-likeness (QED) is 0.658. The van der Waals surface area contributed by atoms with E-state index in [1.165, 1.54) is 4.31 Å². The topological polar surface area (TPSA) is 90.0 Å². The van der Waals surface area contributed by atoms with Crippen LogP contribution in [-0.2, 0) is 19.6 Å². The Labute approximate surface area is 192 Å². The highest BCUT2D eigenvalue weighted by molar-refractivity contribution is 7.91. The van der Waals surface area contributed by atoms with E-state index < -0.39 is 16.1 Å². The summed E-state index contributed by atoms with van der Waals surface area (Å²) in [4.78, 5) is 29.3. The number of carbonyl (C=O) groups is 2. The molecule has 1 N–H and O–H groups in total. The second-order valence-corrected chi connectivity index (χ2v) is 11.0. The van der Waals surface area contributed by atoms with Crippen LogP contribution in [0.1, 0.15) is 19.3 Å². The van der Waals surface area contributed by atoms with Gasteiger partial charge in [0, 0.05) is 51.4 Å². The van der Waals surface area contributed by atoms with Crippen LogP contribution in [0.2, 0.25) is 0 Å². The van der Waals surface area contributed by atoms with Gasteiger partial charge in [-0.05, 0) is 36.4 Å². The second kappa shape index (κ2) is 10.0. The van der Waals surface area contributed by atoms with E-state index in [1.807, 2.05) is 23.1 Å². The smallest absolute Gasteiger partial charge is 0.253 e. The van der Waals surface area contributed by atoms with E-state index in [1.54, 1.807) is 17.5 Å². The largest absolute Gasteiger partial charge is 0.368 e. The van der Waals surface area contributed by atoms with E-state index in [0.29, 0.717) is 32.5 Å².